The van der Waals surface area contributed by atoms with Crippen LogP contribution >= 0.6 is 11.6 Å². The summed E-state index contributed by atoms with van der Waals surface area (Å²) in [4.78, 5) is 15.8. The fourth-order valence-corrected chi connectivity index (χ4v) is 1.59. The van der Waals surface area contributed by atoms with E-state index in [9.17, 15) is 9.18 Å². The van der Waals surface area contributed by atoms with Gasteiger partial charge in [-0.3, -0.25) is 9.78 Å². The lowest BCUT2D eigenvalue weighted by molar-refractivity contribution is 0.0950. The fraction of sp³-hybridized carbons (Fsp3) is 0.0769. The number of halogens is 2. The Labute approximate surface area is 109 Å². The molecule has 0 atom stereocenters. The number of rotatable bonds is 3. The van der Waals surface area contributed by atoms with Crippen molar-refractivity contribution in [2.45, 2.75) is 6.54 Å². The molecule has 5 heteroatoms. The summed E-state index contributed by atoms with van der Waals surface area (Å²) in [6, 6.07) is 9.28. The molecule has 0 aliphatic rings. The number of carbonyl (C=O) groups is 1. The van der Waals surface area contributed by atoms with Crippen LogP contribution in [0.1, 0.15) is 16.1 Å². The van der Waals surface area contributed by atoms with Gasteiger partial charge in [-0.1, -0.05) is 17.7 Å². The summed E-state index contributed by atoms with van der Waals surface area (Å²) in [6.45, 7) is 0.314. The van der Waals surface area contributed by atoms with E-state index in [2.05, 4.69) is 10.3 Å². The minimum Gasteiger partial charge on any atom is -0.346 e. The molecule has 3 nitrogen and oxygen atoms in total. The van der Waals surface area contributed by atoms with Gasteiger partial charge in [0.2, 0.25) is 0 Å². The summed E-state index contributed by atoms with van der Waals surface area (Å²) in [5.74, 6) is -0.861. The van der Waals surface area contributed by atoms with E-state index in [-0.39, 0.29) is 10.9 Å². The summed E-state index contributed by atoms with van der Waals surface area (Å²) < 4.78 is 12.9. The van der Waals surface area contributed by atoms with Gasteiger partial charge < -0.3 is 5.32 Å². The molecule has 0 aliphatic heterocycles. The molecule has 0 spiro atoms. The number of hydrogen-bond acceptors (Lipinski definition) is 2. The van der Waals surface area contributed by atoms with Crippen molar-refractivity contribution < 1.29 is 9.18 Å². The molecule has 0 aliphatic carbocycles. The first-order chi connectivity index (χ1) is 8.66. The number of benzene rings is 1. The van der Waals surface area contributed by atoms with Gasteiger partial charge in [0, 0.05) is 11.8 Å². The third-order valence-corrected chi connectivity index (χ3v) is 2.63. The van der Waals surface area contributed by atoms with E-state index < -0.39 is 5.82 Å². The molecule has 0 radical (unpaired) electrons. The van der Waals surface area contributed by atoms with Crippen LogP contribution in [-0.4, -0.2) is 10.9 Å². The van der Waals surface area contributed by atoms with Crippen LogP contribution in [0.15, 0.2) is 42.6 Å². The number of nitrogens with one attached hydrogen (secondary N) is 1. The van der Waals surface area contributed by atoms with Gasteiger partial charge in [0.15, 0.2) is 0 Å². The highest BCUT2D eigenvalue weighted by molar-refractivity contribution is 6.31. The van der Waals surface area contributed by atoms with E-state index in [0.29, 0.717) is 12.1 Å². The second kappa shape index (κ2) is 5.60. The highest BCUT2D eigenvalue weighted by Crippen LogP contribution is 2.15. The molecule has 1 aromatic carbocycles. The van der Waals surface area contributed by atoms with E-state index in [4.69, 9.17) is 11.6 Å². The van der Waals surface area contributed by atoms with E-state index >= 15 is 0 Å². The Kier molecular flexibility index (Phi) is 3.89. The quantitative estimate of drug-likeness (QED) is 0.926. The van der Waals surface area contributed by atoms with Crippen molar-refractivity contribution >= 4 is 17.5 Å². The Morgan fingerprint density at radius 1 is 1.33 bits per heavy atom. The minimum atomic E-state index is -0.544. The SMILES string of the molecule is O=C(NCc1ccccn1)c1ccc(F)c(Cl)c1. The van der Waals surface area contributed by atoms with Gasteiger partial charge in [0.1, 0.15) is 5.82 Å². The number of hydrogen-bond donors (Lipinski definition) is 1. The number of pyridine rings is 1. The lowest BCUT2D eigenvalue weighted by Crippen LogP contribution is -2.23. The van der Waals surface area contributed by atoms with Crippen LogP contribution in [0.25, 0.3) is 0 Å². The van der Waals surface area contributed by atoms with Gasteiger partial charge in [-0.2, -0.15) is 0 Å². The summed E-state index contributed by atoms with van der Waals surface area (Å²) in [7, 11) is 0. The van der Waals surface area contributed by atoms with Crippen molar-refractivity contribution in [3.05, 3.63) is 64.7 Å². The van der Waals surface area contributed by atoms with Crippen molar-refractivity contribution in [3.63, 3.8) is 0 Å². The Morgan fingerprint density at radius 2 is 2.17 bits per heavy atom. The lowest BCUT2D eigenvalue weighted by Gasteiger charge is -2.05. The maximum atomic E-state index is 12.9. The highest BCUT2D eigenvalue weighted by atomic mass is 35.5. The van der Waals surface area contributed by atoms with Gasteiger partial charge in [0.25, 0.3) is 5.91 Å². The monoisotopic (exact) mass is 264 g/mol. The van der Waals surface area contributed by atoms with Crippen LogP contribution in [0, 0.1) is 5.82 Å². The largest absolute Gasteiger partial charge is 0.346 e. The van der Waals surface area contributed by atoms with Crippen LogP contribution < -0.4 is 5.32 Å². The van der Waals surface area contributed by atoms with Gasteiger partial charge in [-0.15, -0.1) is 0 Å². The van der Waals surface area contributed by atoms with Crippen LogP contribution in [0.3, 0.4) is 0 Å². The molecule has 0 saturated heterocycles. The zero-order valence-corrected chi connectivity index (χ0v) is 10.1. The first-order valence-corrected chi connectivity index (χ1v) is 5.68. The second-order valence-electron chi connectivity index (χ2n) is 3.63. The third-order valence-electron chi connectivity index (χ3n) is 2.34. The molecular weight excluding hydrogens is 255 g/mol. The Bertz CT molecular complexity index is 560. The zero-order chi connectivity index (χ0) is 13.0. The van der Waals surface area contributed by atoms with Crippen LogP contribution in [0.5, 0.6) is 0 Å². The minimum absolute atomic E-state index is 0.0690. The van der Waals surface area contributed by atoms with Crippen molar-refractivity contribution in [3.8, 4) is 0 Å². The predicted octanol–water partition coefficient (Wildman–Crippen LogP) is 2.80. The molecule has 1 aromatic heterocycles. The molecule has 18 heavy (non-hydrogen) atoms. The van der Waals surface area contributed by atoms with E-state index in [1.165, 1.54) is 12.1 Å². The zero-order valence-electron chi connectivity index (χ0n) is 9.36. The predicted molar refractivity (Wildman–Crippen MR) is 66.8 cm³/mol. The average Bonchev–Trinajstić information content (AvgIpc) is 2.40. The van der Waals surface area contributed by atoms with Crippen molar-refractivity contribution in [2.24, 2.45) is 0 Å². The summed E-state index contributed by atoms with van der Waals surface area (Å²) in [5.41, 5.74) is 1.07. The molecule has 1 amide bonds. The normalized spacial score (nSPS) is 10.1. The van der Waals surface area contributed by atoms with Gasteiger partial charge in [-0.05, 0) is 30.3 Å². The Hall–Kier alpha value is -1.94. The molecule has 2 rings (SSSR count). The maximum absolute atomic E-state index is 12.9. The van der Waals surface area contributed by atoms with Crippen LogP contribution in [0.2, 0.25) is 5.02 Å². The first kappa shape index (κ1) is 12.5. The van der Waals surface area contributed by atoms with E-state index in [0.717, 1.165) is 11.8 Å². The molecule has 0 fully saturated rings. The van der Waals surface area contributed by atoms with Crippen LogP contribution in [0.4, 0.5) is 4.39 Å². The maximum Gasteiger partial charge on any atom is 0.251 e. The Morgan fingerprint density at radius 3 is 2.83 bits per heavy atom. The van der Waals surface area contributed by atoms with E-state index in [1.807, 2.05) is 6.07 Å². The molecule has 1 N–H and O–H groups in total. The standard InChI is InChI=1S/C13H10ClFN2O/c14-11-7-9(4-5-12(11)15)13(18)17-8-10-3-1-2-6-16-10/h1-7H,8H2,(H,17,18). The number of aromatic nitrogens is 1. The molecule has 1 heterocycles. The lowest BCUT2D eigenvalue weighted by atomic mass is 10.2. The second-order valence-corrected chi connectivity index (χ2v) is 4.04. The molecule has 0 saturated carbocycles. The third kappa shape index (κ3) is 3.05. The summed E-state index contributed by atoms with van der Waals surface area (Å²) in [6.07, 6.45) is 1.65. The smallest absolute Gasteiger partial charge is 0.251 e. The number of carbonyl (C=O) groups excluding carboxylic acids is 1. The first-order valence-electron chi connectivity index (χ1n) is 5.30. The van der Waals surface area contributed by atoms with Gasteiger partial charge in [0.05, 0.1) is 17.3 Å². The highest BCUT2D eigenvalue weighted by Gasteiger charge is 2.08. The Balaban J connectivity index is 2.02. The van der Waals surface area contributed by atoms with Gasteiger partial charge in [-0.25, -0.2) is 4.39 Å². The summed E-state index contributed by atoms with van der Waals surface area (Å²) >= 11 is 5.61. The van der Waals surface area contributed by atoms with Crippen LogP contribution in [-0.2, 0) is 6.54 Å². The average molecular weight is 265 g/mol. The molecular formula is C13H10ClFN2O. The molecule has 0 bridgehead atoms. The molecule has 92 valence electrons. The van der Waals surface area contributed by atoms with Crippen molar-refractivity contribution in [2.75, 3.05) is 0 Å². The topological polar surface area (TPSA) is 42.0 Å². The van der Waals surface area contributed by atoms with E-state index in [1.54, 1.807) is 18.3 Å². The number of amides is 1. The summed E-state index contributed by atoms with van der Waals surface area (Å²) in [5, 5.41) is 2.61. The number of nitrogens with zero attached hydrogens (tertiary/aromatic N) is 1. The van der Waals surface area contributed by atoms with Crippen molar-refractivity contribution in [1.29, 1.82) is 0 Å². The van der Waals surface area contributed by atoms with Crippen molar-refractivity contribution in [1.82, 2.24) is 10.3 Å². The molecule has 2 aromatic rings. The van der Waals surface area contributed by atoms with Gasteiger partial charge >= 0.3 is 0 Å². The fourth-order valence-electron chi connectivity index (χ4n) is 1.41. The molecule has 0 unspecified atom stereocenters.